The van der Waals surface area contributed by atoms with Crippen LogP contribution in [0.3, 0.4) is 0 Å². The van der Waals surface area contributed by atoms with Gasteiger partial charge in [-0.2, -0.15) is 20.2 Å². The van der Waals surface area contributed by atoms with Gasteiger partial charge in [-0.15, -0.1) is 0 Å². The molecule has 0 amide bonds. The van der Waals surface area contributed by atoms with Gasteiger partial charge in [-0.3, -0.25) is 0 Å². The number of methoxy groups -OCH3 is 1. The minimum absolute atomic E-state index is 0.0599. The predicted octanol–water partition coefficient (Wildman–Crippen LogP) is 2.75. The van der Waals surface area contributed by atoms with Gasteiger partial charge >= 0.3 is 0 Å². The number of nitrogens with two attached hydrogens (primary N) is 1. The van der Waals surface area contributed by atoms with Crippen molar-refractivity contribution in [1.29, 1.82) is 5.26 Å². The molecule has 0 unspecified atom stereocenters. The normalized spacial score (nSPS) is 11.2. The average molecular weight is 346 g/mol. The second-order valence-corrected chi connectivity index (χ2v) is 5.78. The summed E-state index contributed by atoms with van der Waals surface area (Å²) in [5.74, 6) is 1.33. The maximum absolute atomic E-state index is 9.68. The lowest BCUT2D eigenvalue weighted by molar-refractivity contribution is 0.414. The molecule has 0 saturated heterocycles. The molecule has 26 heavy (non-hydrogen) atoms. The van der Waals surface area contributed by atoms with E-state index in [9.17, 15) is 5.26 Å². The molecule has 3 rings (SSSR count). The van der Waals surface area contributed by atoms with Crippen molar-refractivity contribution in [2.45, 2.75) is 0 Å². The summed E-state index contributed by atoms with van der Waals surface area (Å²) in [7, 11) is 5.18. The minimum Gasteiger partial charge on any atom is -0.496 e. The van der Waals surface area contributed by atoms with Gasteiger partial charge in [0.05, 0.1) is 12.7 Å². The molecule has 7 heteroatoms. The Bertz CT molecular complexity index is 1040. The third kappa shape index (κ3) is 3.26. The molecule has 0 radical (unpaired) electrons. The molecule has 1 aromatic heterocycles. The molecule has 0 atom stereocenters. The van der Waals surface area contributed by atoms with Crippen LogP contribution in [-0.4, -0.2) is 36.2 Å². The number of ether oxygens (including phenoxy) is 1. The van der Waals surface area contributed by atoms with Crippen molar-refractivity contribution >= 4 is 34.3 Å². The molecule has 2 N–H and O–H groups in total. The average Bonchev–Trinajstić information content (AvgIpc) is 2.65. The highest BCUT2D eigenvalue weighted by Gasteiger charge is 2.13. The van der Waals surface area contributed by atoms with E-state index in [1.807, 2.05) is 36.4 Å². The zero-order valence-electron chi connectivity index (χ0n) is 14.8. The highest BCUT2D eigenvalue weighted by Crippen LogP contribution is 2.31. The highest BCUT2D eigenvalue weighted by molar-refractivity contribution is 5.99. The number of anilines is 2. The molecule has 2 aromatic carbocycles. The molecule has 0 aliphatic heterocycles. The number of nitriles is 1. The molecule has 0 spiro atoms. The number of rotatable bonds is 4. The summed E-state index contributed by atoms with van der Waals surface area (Å²) in [5, 5.41) is 11.7. The number of allylic oxidation sites excluding steroid dienone is 1. The van der Waals surface area contributed by atoms with Gasteiger partial charge in [0.25, 0.3) is 0 Å². The summed E-state index contributed by atoms with van der Waals surface area (Å²) < 4.78 is 5.48. The molecule has 1 heterocycles. The lowest BCUT2D eigenvalue weighted by Gasteiger charge is -2.12. The molecule has 0 fully saturated rings. The van der Waals surface area contributed by atoms with E-state index in [1.54, 1.807) is 32.2 Å². The minimum atomic E-state index is 0.0599. The maximum Gasteiger partial charge on any atom is 0.230 e. The van der Waals surface area contributed by atoms with Gasteiger partial charge in [0.1, 0.15) is 11.8 Å². The number of hydrogen-bond donors (Lipinski definition) is 1. The molecular formula is C19H18N6O. The third-order valence-electron chi connectivity index (χ3n) is 3.84. The molecule has 0 aliphatic rings. The van der Waals surface area contributed by atoms with Crippen molar-refractivity contribution in [1.82, 2.24) is 15.0 Å². The smallest absolute Gasteiger partial charge is 0.230 e. The number of benzene rings is 2. The van der Waals surface area contributed by atoms with Gasteiger partial charge < -0.3 is 15.4 Å². The van der Waals surface area contributed by atoms with E-state index in [0.29, 0.717) is 11.7 Å². The lowest BCUT2D eigenvalue weighted by atomic mass is 10.0. The fourth-order valence-corrected chi connectivity index (χ4v) is 2.59. The molecule has 0 saturated carbocycles. The van der Waals surface area contributed by atoms with E-state index in [0.717, 1.165) is 16.3 Å². The zero-order chi connectivity index (χ0) is 18.7. The number of nitrogen functional groups attached to an aromatic ring is 1. The summed E-state index contributed by atoms with van der Waals surface area (Å²) in [6.45, 7) is 0. The van der Waals surface area contributed by atoms with Gasteiger partial charge in [0.15, 0.2) is 5.82 Å². The van der Waals surface area contributed by atoms with Gasteiger partial charge in [-0.25, -0.2) is 0 Å². The Kier molecular flexibility index (Phi) is 4.67. The van der Waals surface area contributed by atoms with Crippen LogP contribution in [0.4, 0.5) is 11.9 Å². The van der Waals surface area contributed by atoms with E-state index < -0.39 is 0 Å². The SMILES string of the molecule is COc1ccc2ccccc2c1C=C(C#N)c1nc(N)nc(N(C)C)n1. The van der Waals surface area contributed by atoms with Crippen LogP contribution in [0.15, 0.2) is 36.4 Å². The first-order valence-corrected chi connectivity index (χ1v) is 7.90. The quantitative estimate of drug-likeness (QED) is 0.725. The second kappa shape index (κ2) is 7.07. The van der Waals surface area contributed by atoms with Crippen molar-refractivity contribution in [3.05, 3.63) is 47.8 Å². The van der Waals surface area contributed by atoms with Gasteiger partial charge in [0, 0.05) is 19.7 Å². The number of nitrogens with zero attached hydrogens (tertiary/aromatic N) is 5. The number of fused-ring (bicyclic) bond motifs is 1. The Labute approximate surface area is 151 Å². The summed E-state index contributed by atoms with van der Waals surface area (Å²) in [6.07, 6.45) is 1.72. The van der Waals surface area contributed by atoms with E-state index in [4.69, 9.17) is 10.5 Å². The van der Waals surface area contributed by atoms with Crippen LogP contribution in [0.1, 0.15) is 11.4 Å². The maximum atomic E-state index is 9.68. The van der Waals surface area contributed by atoms with Crippen molar-refractivity contribution in [2.24, 2.45) is 0 Å². The van der Waals surface area contributed by atoms with Crippen LogP contribution in [0.25, 0.3) is 22.4 Å². The van der Waals surface area contributed by atoms with Crippen LogP contribution in [0.2, 0.25) is 0 Å². The van der Waals surface area contributed by atoms with Crippen molar-refractivity contribution in [3.8, 4) is 11.8 Å². The molecular weight excluding hydrogens is 328 g/mol. The molecule has 0 bridgehead atoms. The van der Waals surface area contributed by atoms with Gasteiger partial charge in [-0.1, -0.05) is 30.3 Å². The standard InChI is InChI=1S/C19H18N6O/c1-25(2)19-23-17(22-18(21)24-19)13(11-20)10-15-14-7-5-4-6-12(14)8-9-16(15)26-3/h4-10H,1-3H3,(H2,21,22,23,24). The third-order valence-corrected chi connectivity index (χ3v) is 3.84. The van der Waals surface area contributed by atoms with Gasteiger partial charge in [0.2, 0.25) is 11.9 Å². The largest absolute Gasteiger partial charge is 0.496 e. The van der Waals surface area contributed by atoms with Crippen LogP contribution in [0, 0.1) is 11.3 Å². The van der Waals surface area contributed by atoms with Crippen molar-refractivity contribution in [2.75, 3.05) is 31.8 Å². The summed E-state index contributed by atoms with van der Waals surface area (Å²) in [5.41, 5.74) is 6.84. The first-order valence-electron chi connectivity index (χ1n) is 7.90. The predicted molar refractivity (Wildman–Crippen MR) is 103 cm³/mol. The van der Waals surface area contributed by atoms with Crippen molar-refractivity contribution < 1.29 is 4.74 Å². The Morgan fingerprint density at radius 3 is 2.62 bits per heavy atom. The monoisotopic (exact) mass is 346 g/mol. The summed E-state index contributed by atoms with van der Waals surface area (Å²) in [4.78, 5) is 14.2. The van der Waals surface area contributed by atoms with E-state index in [1.165, 1.54) is 0 Å². The van der Waals surface area contributed by atoms with E-state index >= 15 is 0 Å². The fraction of sp³-hybridized carbons (Fsp3) is 0.158. The van der Waals surface area contributed by atoms with Crippen LogP contribution >= 0.6 is 0 Å². The second-order valence-electron chi connectivity index (χ2n) is 5.78. The van der Waals surface area contributed by atoms with Crippen LogP contribution in [-0.2, 0) is 0 Å². The molecule has 3 aromatic rings. The van der Waals surface area contributed by atoms with Gasteiger partial charge in [-0.05, 0) is 22.9 Å². The molecule has 130 valence electrons. The lowest BCUT2D eigenvalue weighted by Crippen LogP contribution is -2.15. The zero-order valence-corrected chi connectivity index (χ0v) is 14.8. The number of hydrogen-bond acceptors (Lipinski definition) is 7. The van der Waals surface area contributed by atoms with E-state index in [-0.39, 0.29) is 17.3 Å². The Morgan fingerprint density at radius 1 is 1.15 bits per heavy atom. The molecule has 7 nitrogen and oxygen atoms in total. The topological polar surface area (TPSA) is 101 Å². The number of aromatic nitrogens is 3. The first kappa shape index (κ1) is 17.2. The Morgan fingerprint density at radius 2 is 1.92 bits per heavy atom. The van der Waals surface area contributed by atoms with E-state index in [2.05, 4.69) is 21.0 Å². The summed E-state index contributed by atoms with van der Waals surface area (Å²) >= 11 is 0. The van der Waals surface area contributed by atoms with Crippen molar-refractivity contribution in [3.63, 3.8) is 0 Å². The fourth-order valence-electron chi connectivity index (χ4n) is 2.59. The Hall–Kier alpha value is -3.66. The van der Waals surface area contributed by atoms with Crippen LogP contribution in [0.5, 0.6) is 5.75 Å². The highest BCUT2D eigenvalue weighted by atomic mass is 16.5. The molecule has 0 aliphatic carbocycles. The van der Waals surface area contributed by atoms with Crippen LogP contribution < -0.4 is 15.4 Å². The summed E-state index contributed by atoms with van der Waals surface area (Å²) in [6, 6.07) is 13.9. The first-order chi connectivity index (χ1) is 12.5. The Balaban J connectivity index is 2.23.